The predicted molar refractivity (Wildman–Crippen MR) is 183 cm³/mol. The van der Waals surface area contributed by atoms with Crippen molar-refractivity contribution in [1.82, 2.24) is 19.4 Å². The van der Waals surface area contributed by atoms with E-state index >= 15 is 4.39 Å². The molecule has 5 heterocycles. The molecule has 2 aromatic carbocycles. The van der Waals surface area contributed by atoms with Crippen molar-refractivity contribution in [1.29, 1.82) is 0 Å². The largest absolute Gasteiger partial charge is 0.417 e. The number of hydrogen-bond acceptors (Lipinski definition) is 7. The number of aromatic amines is 1. The maximum atomic E-state index is 16.8. The van der Waals surface area contributed by atoms with Crippen LogP contribution >= 0.6 is 11.6 Å². The topological polar surface area (TPSA) is 116 Å². The summed E-state index contributed by atoms with van der Waals surface area (Å²) in [4.78, 5) is 50.9. The lowest BCUT2D eigenvalue weighted by molar-refractivity contribution is -0.128. The van der Waals surface area contributed by atoms with Gasteiger partial charge in [-0.05, 0) is 62.1 Å². The van der Waals surface area contributed by atoms with Gasteiger partial charge >= 0.3 is 5.76 Å². The Morgan fingerprint density at radius 1 is 1.15 bits per heavy atom. The number of piperazine rings is 1. The number of halogens is 2. The molecule has 3 aromatic heterocycles. The number of rotatable bonds is 4. The Balaban J connectivity index is 1.62. The van der Waals surface area contributed by atoms with Crippen LogP contribution in [0.25, 0.3) is 38.8 Å². The van der Waals surface area contributed by atoms with Gasteiger partial charge in [-0.1, -0.05) is 38.1 Å². The van der Waals surface area contributed by atoms with Crippen molar-refractivity contribution in [3.05, 3.63) is 91.7 Å². The predicted octanol–water partition coefficient (Wildman–Crippen LogP) is 6.04. The third-order valence-corrected chi connectivity index (χ3v) is 9.77. The zero-order valence-electron chi connectivity index (χ0n) is 26.7. The number of amides is 1. The average molecular weight is 657 g/mol. The molecule has 242 valence electrons. The van der Waals surface area contributed by atoms with Crippen LogP contribution in [0, 0.1) is 19.7 Å². The van der Waals surface area contributed by atoms with Crippen molar-refractivity contribution in [3.63, 3.8) is 0 Å². The van der Waals surface area contributed by atoms with Crippen LogP contribution in [0.1, 0.15) is 43.5 Å². The monoisotopic (exact) mass is 656 g/mol. The first-order chi connectivity index (χ1) is 22.4. The number of nitrogens with one attached hydrogen (secondary N) is 2. The van der Waals surface area contributed by atoms with Crippen molar-refractivity contribution in [3.8, 4) is 16.8 Å². The normalized spacial score (nSPS) is 17.6. The van der Waals surface area contributed by atoms with Crippen molar-refractivity contribution >= 4 is 50.9 Å². The van der Waals surface area contributed by atoms with Gasteiger partial charge in [0.15, 0.2) is 5.58 Å². The molecule has 0 radical (unpaired) electrons. The summed E-state index contributed by atoms with van der Waals surface area (Å²) in [5.41, 5.74) is 4.37. The number of oxazole rings is 1. The molecule has 47 heavy (non-hydrogen) atoms. The molecular formula is C35H34ClFN6O4. The second-order valence-electron chi connectivity index (χ2n) is 12.7. The third kappa shape index (κ3) is 4.58. The Morgan fingerprint density at radius 2 is 1.91 bits per heavy atom. The lowest BCUT2D eigenvalue weighted by atomic mass is 9.94. The van der Waals surface area contributed by atoms with E-state index in [4.69, 9.17) is 16.0 Å². The van der Waals surface area contributed by atoms with Crippen LogP contribution in [-0.2, 0) is 4.79 Å². The highest BCUT2D eigenvalue weighted by Gasteiger charge is 2.40. The van der Waals surface area contributed by atoms with Gasteiger partial charge < -0.3 is 19.5 Å². The fraction of sp³-hybridized carbons (Fsp3) is 0.314. The fourth-order valence-electron chi connectivity index (χ4n) is 7.20. The van der Waals surface area contributed by atoms with E-state index in [1.165, 1.54) is 12.1 Å². The van der Waals surface area contributed by atoms with Gasteiger partial charge in [0.2, 0.25) is 5.91 Å². The molecule has 2 N–H and O–H groups in total. The van der Waals surface area contributed by atoms with Crippen molar-refractivity contribution in [2.45, 2.75) is 52.6 Å². The molecule has 1 amide bonds. The summed E-state index contributed by atoms with van der Waals surface area (Å²) in [6.45, 7) is 14.5. The molecule has 7 rings (SSSR count). The number of nitrogens with zero attached hydrogens (tertiary/aromatic N) is 4. The molecule has 0 bridgehead atoms. The highest BCUT2D eigenvalue weighted by Crippen LogP contribution is 2.47. The first-order valence-corrected chi connectivity index (χ1v) is 15.9. The van der Waals surface area contributed by atoms with Gasteiger partial charge in [-0.15, -0.1) is 0 Å². The molecule has 1 fully saturated rings. The van der Waals surface area contributed by atoms with Crippen molar-refractivity contribution in [2.75, 3.05) is 29.9 Å². The summed E-state index contributed by atoms with van der Waals surface area (Å²) >= 11 is 7.35. The minimum atomic E-state index is -0.678. The van der Waals surface area contributed by atoms with Crippen LogP contribution in [-0.4, -0.2) is 57.1 Å². The summed E-state index contributed by atoms with van der Waals surface area (Å²) in [6, 6.07) is 6.28. The molecule has 0 spiro atoms. The van der Waals surface area contributed by atoms with Crippen LogP contribution in [0.2, 0.25) is 5.02 Å². The van der Waals surface area contributed by atoms with E-state index in [0.717, 1.165) is 5.56 Å². The molecule has 1 saturated heterocycles. The van der Waals surface area contributed by atoms with Gasteiger partial charge in [-0.3, -0.25) is 24.1 Å². The first-order valence-electron chi connectivity index (χ1n) is 15.6. The van der Waals surface area contributed by atoms with Crippen LogP contribution in [0.3, 0.4) is 0 Å². The van der Waals surface area contributed by atoms with Gasteiger partial charge in [0.1, 0.15) is 11.5 Å². The molecule has 0 aliphatic carbocycles. The first kappa shape index (κ1) is 30.7. The molecule has 5 aromatic rings. The number of pyridine rings is 2. The van der Waals surface area contributed by atoms with E-state index in [9.17, 15) is 14.4 Å². The summed E-state index contributed by atoms with van der Waals surface area (Å²) in [7, 11) is 0. The highest BCUT2D eigenvalue weighted by atomic mass is 35.5. The molecule has 0 saturated carbocycles. The number of benzene rings is 2. The number of hydrogen-bond donors (Lipinski definition) is 2. The van der Waals surface area contributed by atoms with Gasteiger partial charge in [-0.2, -0.15) is 0 Å². The number of fused-ring (bicyclic) bond motifs is 6. The quantitative estimate of drug-likeness (QED) is 0.227. The van der Waals surface area contributed by atoms with Gasteiger partial charge in [0.05, 0.1) is 39.2 Å². The second-order valence-corrected chi connectivity index (χ2v) is 13.1. The Kier molecular flexibility index (Phi) is 7.27. The van der Waals surface area contributed by atoms with E-state index in [1.807, 2.05) is 33.8 Å². The molecule has 2 atom stereocenters. The van der Waals surface area contributed by atoms with E-state index in [-0.39, 0.29) is 45.6 Å². The summed E-state index contributed by atoms with van der Waals surface area (Å²) in [5.74, 6) is -1.54. The maximum Gasteiger partial charge on any atom is 0.417 e. The lowest BCUT2D eigenvalue weighted by Crippen LogP contribution is -2.62. The number of carbonyl (C=O) groups is 1. The Morgan fingerprint density at radius 3 is 2.64 bits per heavy atom. The Hall–Kier alpha value is -4.90. The minimum Gasteiger partial charge on any atom is -0.407 e. The van der Waals surface area contributed by atoms with Crippen molar-refractivity contribution in [2.24, 2.45) is 0 Å². The van der Waals surface area contributed by atoms with Crippen LogP contribution in [0.15, 0.2) is 57.1 Å². The highest BCUT2D eigenvalue weighted by molar-refractivity contribution is 6.39. The maximum absolute atomic E-state index is 16.8. The van der Waals surface area contributed by atoms with E-state index in [0.29, 0.717) is 69.9 Å². The summed E-state index contributed by atoms with van der Waals surface area (Å²) in [5, 5.41) is 3.76. The minimum absolute atomic E-state index is 0.00653. The average Bonchev–Trinajstić information content (AvgIpc) is 3.42. The number of H-pyrrole nitrogens is 1. The summed E-state index contributed by atoms with van der Waals surface area (Å²) in [6.07, 6.45) is 3.01. The second kappa shape index (κ2) is 11.1. The van der Waals surface area contributed by atoms with E-state index in [2.05, 4.69) is 26.8 Å². The number of carbonyl (C=O) groups excluding carboxylic acids is 1. The number of anilines is 2. The molecule has 2 unspecified atom stereocenters. The third-order valence-electron chi connectivity index (χ3n) is 9.40. The van der Waals surface area contributed by atoms with Gasteiger partial charge in [0, 0.05) is 48.4 Å². The lowest BCUT2D eigenvalue weighted by Gasteiger charge is -2.49. The van der Waals surface area contributed by atoms with Crippen LogP contribution in [0.5, 0.6) is 0 Å². The SMILES string of the molecule is C=CC(=O)N1CC2CNc3c(c4cc(F)c(-c5c(C)ccc6[nH]c(=O)oc56)c(Cl)c4n(-c4c(C)ccnc4C(C)C)c3=O)N2CC1C. The van der Waals surface area contributed by atoms with Crippen molar-refractivity contribution < 1.29 is 13.6 Å². The van der Waals surface area contributed by atoms with Gasteiger partial charge in [-0.25, -0.2) is 9.18 Å². The molecular weight excluding hydrogens is 623 g/mol. The van der Waals surface area contributed by atoms with E-state index in [1.54, 1.807) is 34.7 Å². The zero-order valence-corrected chi connectivity index (χ0v) is 27.5. The van der Waals surface area contributed by atoms with Gasteiger partial charge in [0.25, 0.3) is 5.56 Å². The standard InChI is InChI=1S/C35H34ClFN6O4/c1-7-24(44)41-15-20-13-39-29-32(42(20)14-19(41)6)21-12-22(37)26(25-17(4)8-9-23-33(25)47-35(46)40-23)27(36)31(21)43(34(29)45)30-18(5)10-11-38-28(30)16(2)3/h7-12,16,19-20,39H,1,13-15H2,2-6H3,(H,40,46). The smallest absolute Gasteiger partial charge is 0.407 e. The van der Waals surface area contributed by atoms with Crippen LogP contribution in [0.4, 0.5) is 15.8 Å². The molecule has 2 aliphatic heterocycles. The molecule has 2 aliphatic rings. The summed E-state index contributed by atoms with van der Waals surface area (Å²) < 4.78 is 23.8. The van der Waals surface area contributed by atoms with E-state index < -0.39 is 11.6 Å². The Labute approximate surface area is 274 Å². The molecule has 10 nitrogen and oxygen atoms in total. The fourth-order valence-corrected chi connectivity index (χ4v) is 7.57. The zero-order chi connectivity index (χ0) is 33.5. The Bertz CT molecular complexity index is 2270. The molecule has 12 heteroatoms. The number of aromatic nitrogens is 3. The van der Waals surface area contributed by atoms with Crippen LogP contribution < -0.4 is 21.5 Å². The number of aryl methyl sites for hydroxylation is 2.